The molecule has 1 aromatic heterocycles. The van der Waals surface area contributed by atoms with Crippen molar-refractivity contribution in [2.75, 3.05) is 4.90 Å². The van der Waals surface area contributed by atoms with Gasteiger partial charge in [0.2, 0.25) is 0 Å². The summed E-state index contributed by atoms with van der Waals surface area (Å²) < 4.78 is 2.43. The monoisotopic (exact) mass is 840 g/mol. The first kappa shape index (κ1) is 40.6. The third-order valence-corrected chi connectivity index (χ3v) is 14.1. The molecule has 11 rings (SSSR count). The van der Waals surface area contributed by atoms with E-state index in [0.717, 1.165) is 17.1 Å². The number of nitrogens with zero attached hydrogens (tertiary/aromatic N) is 2. The van der Waals surface area contributed by atoms with Crippen molar-refractivity contribution in [2.45, 2.75) is 71.6 Å². The molecule has 0 atom stereocenters. The molecule has 318 valence electrons. The van der Waals surface area contributed by atoms with Crippen molar-refractivity contribution in [3.8, 4) is 39.1 Å². The second kappa shape index (κ2) is 15.0. The summed E-state index contributed by atoms with van der Waals surface area (Å²) in [5, 5.41) is 4.93. The van der Waals surface area contributed by atoms with Crippen molar-refractivity contribution in [2.24, 2.45) is 0 Å². The summed E-state index contributed by atoms with van der Waals surface area (Å²) in [6.07, 6.45) is 0. The third kappa shape index (κ3) is 6.53. The molecule has 9 aromatic carbocycles. The van der Waals surface area contributed by atoms with E-state index in [9.17, 15) is 0 Å². The van der Waals surface area contributed by atoms with Gasteiger partial charge in [-0.2, -0.15) is 0 Å². The van der Waals surface area contributed by atoms with E-state index in [1.54, 1.807) is 0 Å². The molecule has 0 saturated heterocycles. The van der Waals surface area contributed by atoms with Gasteiger partial charge in [0, 0.05) is 33.0 Å². The Morgan fingerprint density at radius 1 is 0.415 bits per heavy atom. The number of benzene rings is 9. The lowest BCUT2D eigenvalue weighted by atomic mass is 9.78. The normalized spacial score (nSPS) is 13.4. The van der Waals surface area contributed by atoms with Gasteiger partial charge in [-0.15, -0.1) is 0 Å². The topological polar surface area (TPSA) is 8.17 Å². The highest BCUT2D eigenvalue weighted by Crippen LogP contribution is 2.56. The first-order valence-corrected chi connectivity index (χ1v) is 23.2. The average molecular weight is 841 g/mol. The summed E-state index contributed by atoms with van der Waals surface area (Å²) >= 11 is 0. The molecule has 0 saturated carbocycles. The van der Waals surface area contributed by atoms with E-state index < -0.39 is 0 Å². The number of aromatic nitrogens is 1. The predicted octanol–water partition coefficient (Wildman–Crippen LogP) is 17.6. The van der Waals surface area contributed by atoms with Crippen LogP contribution in [0.3, 0.4) is 0 Å². The van der Waals surface area contributed by atoms with E-state index in [-0.39, 0.29) is 16.2 Å². The Bertz CT molecular complexity index is 3440. The van der Waals surface area contributed by atoms with Crippen LogP contribution in [-0.4, -0.2) is 4.57 Å². The van der Waals surface area contributed by atoms with Gasteiger partial charge < -0.3 is 9.47 Å². The van der Waals surface area contributed by atoms with Crippen molar-refractivity contribution < 1.29 is 0 Å². The lowest BCUT2D eigenvalue weighted by Gasteiger charge is -2.31. The van der Waals surface area contributed by atoms with Crippen LogP contribution in [0.5, 0.6) is 0 Å². The van der Waals surface area contributed by atoms with Gasteiger partial charge in [0.15, 0.2) is 0 Å². The Morgan fingerprint density at radius 2 is 0.954 bits per heavy atom. The van der Waals surface area contributed by atoms with Gasteiger partial charge in [-0.05, 0) is 109 Å². The minimum absolute atomic E-state index is 0.00962. The third-order valence-electron chi connectivity index (χ3n) is 14.1. The molecule has 1 aliphatic carbocycles. The van der Waals surface area contributed by atoms with Gasteiger partial charge in [0.05, 0.1) is 28.1 Å². The summed E-state index contributed by atoms with van der Waals surface area (Å²) in [7, 11) is 0. The fourth-order valence-electron chi connectivity index (χ4n) is 10.7. The van der Waals surface area contributed by atoms with E-state index >= 15 is 0 Å². The molecule has 10 aromatic rings. The maximum absolute atomic E-state index is 2.59. The highest BCUT2D eigenvalue weighted by molar-refractivity contribution is 6.18. The summed E-state index contributed by atoms with van der Waals surface area (Å²) in [6.45, 7) is 18.7. The Labute approximate surface area is 384 Å². The van der Waals surface area contributed by atoms with Crippen LogP contribution in [0.25, 0.3) is 71.6 Å². The fraction of sp³-hybridized carbons (Fsp3) is 0.175. The van der Waals surface area contributed by atoms with Gasteiger partial charge >= 0.3 is 0 Å². The van der Waals surface area contributed by atoms with Crippen LogP contribution >= 0.6 is 0 Å². The SMILES string of the molecule is CC(C)(C)c1cc(-c2cccc3cccc(-c4ccccc4N(c4cccc5c4-c4ccccc4C5(C)C)c4cccc5c4c4ccccc4n5-c4ccccc4)c23)cc(C(C)(C)C)c1. The Morgan fingerprint density at radius 3 is 1.69 bits per heavy atom. The van der Waals surface area contributed by atoms with E-state index in [1.165, 1.54) is 93.9 Å². The smallest absolute Gasteiger partial charge is 0.0562 e. The van der Waals surface area contributed by atoms with Crippen molar-refractivity contribution in [1.82, 2.24) is 4.57 Å². The summed E-state index contributed by atoms with van der Waals surface area (Å²) in [6, 6.07) is 72.7. The summed E-state index contributed by atoms with van der Waals surface area (Å²) in [5.74, 6) is 0. The number of hydrogen-bond donors (Lipinski definition) is 0. The molecular weight excluding hydrogens is 785 g/mol. The number of hydrogen-bond acceptors (Lipinski definition) is 1. The molecule has 2 nitrogen and oxygen atoms in total. The minimum Gasteiger partial charge on any atom is -0.309 e. The lowest BCUT2D eigenvalue weighted by molar-refractivity contribution is 0.569. The molecule has 1 heterocycles. The number of fused-ring (bicyclic) bond motifs is 7. The van der Waals surface area contributed by atoms with Crippen molar-refractivity contribution in [3.63, 3.8) is 0 Å². The lowest BCUT2D eigenvalue weighted by Crippen LogP contribution is -2.16. The van der Waals surface area contributed by atoms with Crippen LogP contribution in [-0.2, 0) is 16.2 Å². The van der Waals surface area contributed by atoms with E-state index in [4.69, 9.17) is 0 Å². The molecule has 0 bridgehead atoms. The number of para-hydroxylation sites is 3. The van der Waals surface area contributed by atoms with Crippen LogP contribution in [0, 0.1) is 0 Å². The molecule has 65 heavy (non-hydrogen) atoms. The minimum atomic E-state index is -0.166. The van der Waals surface area contributed by atoms with Gasteiger partial charge in [-0.25, -0.2) is 0 Å². The van der Waals surface area contributed by atoms with E-state index in [2.05, 4.69) is 259 Å². The van der Waals surface area contributed by atoms with Crippen molar-refractivity contribution >= 4 is 49.6 Å². The Kier molecular flexibility index (Phi) is 9.35. The Balaban J connectivity index is 1.25. The summed E-state index contributed by atoms with van der Waals surface area (Å²) in [5.41, 5.74) is 19.7. The molecule has 0 amide bonds. The standard InChI is InChI=1S/C63H56N2/c1-61(2,3)43-38-42(39-44(40-43)62(4,5)6)46-29-18-22-41-23-19-30-48(58(41)46)47-26-13-16-33-53(47)65(55-35-20-32-52-59(55)49-27-12-15-31-51(49)63(52,7)8)57-37-21-36-56-60(57)50-28-14-17-34-54(50)64(56)45-24-10-9-11-25-45/h9-40H,1-8H3. The maximum Gasteiger partial charge on any atom is 0.0562 e. The van der Waals surface area contributed by atoms with E-state index in [0.29, 0.717) is 0 Å². The largest absolute Gasteiger partial charge is 0.309 e. The van der Waals surface area contributed by atoms with E-state index in [1.807, 2.05) is 0 Å². The number of anilines is 3. The predicted molar refractivity (Wildman–Crippen MR) is 279 cm³/mol. The molecule has 0 fully saturated rings. The molecule has 2 heteroatoms. The zero-order valence-corrected chi connectivity index (χ0v) is 38.9. The Hall–Kier alpha value is -7.16. The average Bonchev–Trinajstić information content (AvgIpc) is 3.77. The molecule has 1 aliphatic rings. The van der Waals surface area contributed by atoms with Crippen LogP contribution in [0.4, 0.5) is 17.1 Å². The fourth-order valence-corrected chi connectivity index (χ4v) is 10.7. The van der Waals surface area contributed by atoms with Gasteiger partial charge in [-0.3, -0.25) is 0 Å². The molecule has 0 radical (unpaired) electrons. The van der Waals surface area contributed by atoms with Gasteiger partial charge in [0.1, 0.15) is 0 Å². The second-order valence-electron chi connectivity index (χ2n) is 20.6. The van der Waals surface area contributed by atoms with Crippen molar-refractivity contribution in [3.05, 3.63) is 216 Å². The first-order chi connectivity index (χ1) is 31.3. The van der Waals surface area contributed by atoms with Crippen LogP contribution < -0.4 is 4.90 Å². The maximum atomic E-state index is 2.59. The second-order valence-corrected chi connectivity index (χ2v) is 20.6. The molecule has 0 aliphatic heterocycles. The molecule has 0 spiro atoms. The van der Waals surface area contributed by atoms with Crippen LogP contribution in [0.2, 0.25) is 0 Å². The quantitative estimate of drug-likeness (QED) is 0.162. The zero-order chi connectivity index (χ0) is 44.8. The van der Waals surface area contributed by atoms with Gasteiger partial charge in [0.25, 0.3) is 0 Å². The van der Waals surface area contributed by atoms with Gasteiger partial charge in [-0.1, -0.05) is 207 Å². The molecule has 0 unspecified atom stereocenters. The highest BCUT2D eigenvalue weighted by atomic mass is 15.2. The molecule has 0 N–H and O–H groups in total. The first-order valence-electron chi connectivity index (χ1n) is 23.2. The zero-order valence-electron chi connectivity index (χ0n) is 38.9. The number of rotatable bonds is 6. The summed E-state index contributed by atoms with van der Waals surface area (Å²) in [4.78, 5) is 2.59. The van der Waals surface area contributed by atoms with Crippen LogP contribution in [0.15, 0.2) is 194 Å². The van der Waals surface area contributed by atoms with Crippen LogP contribution in [0.1, 0.15) is 77.6 Å². The molecular formula is C63H56N2. The highest BCUT2D eigenvalue weighted by Gasteiger charge is 2.38. The van der Waals surface area contributed by atoms with Crippen molar-refractivity contribution in [1.29, 1.82) is 0 Å².